The second kappa shape index (κ2) is 7.06. The Morgan fingerprint density at radius 1 is 1.10 bits per heavy atom. The molecular formula is C17H25BrO2. The number of benzene rings is 1. The van der Waals surface area contributed by atoms with Crippen molar-refractivity contribution in [3.63, 3.8) is 0 Å². The molecule has 0 spiro atoms. The van der Waals surface area contributed by atoms with E-state index in [0.29, 0.717) is 0 Å². The maximum Gasteiger partial charge on any atom is 0.195 e. The van der Waals surface area contributed by atoms with E-state index in [1.165, 1.54) is 12.0 Å². The van der Waals surface area contributed by atoms with E-state index in [0.717, 1.165) is 30.2 Å². The maximum absolute atomic E-state index is 6.21. The Hall–Kier alpha value is -0.380. The fraction of sp³-hybridized carbons (Fsp3) is 0.647. The van der Waals surface area contributed by atoms with Crippen LogP contribution in [0.1, 0.15) is 51.2 Å². The number of aryl methyl sites for hydroxylation is 1. The average molecular weight is 341 g/mol. The lowest BCUT2D eigenvalue weighted by atomic mass is 9.98. The summed E-state index contributed by atoms with van der Waals surface area (Å²) in [6.45, 7) is 6.38. The first kappa shape index (κ1) is 16.0. The highest BCUT2D eigenvalue weighted by molar-refractivity contribution is 9.09. The van der Waals surface area contributed by atoms with Crippen molar-refractivity contribution in [3.8, 4) is 0 Å². The fourth-order valence-corrected chi connectivity index (χ4v) is 3.01. The van der Waals surface area contributed by atoms with E-state index in [1.54, 1.807) is 0 Å². The molecule has 2 nitrogen and oxygen atoms in total. The fourth-order valence-electron chi connectivity index (χ4n) is 2.73. The van der Waals surface area contributed by atoms with Gasteiger partial charge in [-0.15, -0.1) is 0 Å². The molecule has 20 heavy (non-hydrogen) atoms. The summed E-state index contributed by atoms with van der Waals surface area (Å²) in [5.74, 6) is -0.558. The molecule has 1 saturated heterocycles. The van der Waals surface area contributed by atoms with Gasteiger partial charge < -0.3 is 9.47 Å². The molecule has 2 atom stereocenters. The van der Waals surface area contributed by atoms with Gasteiger partial charge in [0, 0.05) is 17.3 Å². The summed E-state index contributed by atoms with van der Waals surface area (Å²) in [4.78, 5) is 0. The van der Waals surface area contributed by atoms with Gasteiger partial charge in [-0.25, -0.2) is 0 Å². The third kappa shape index (κ3) is 3.44. The molecule has 1 aromatic rings. The SMILES string of the molecule is CCCc1ccc(C2(CCCBr)OC(C)C(C)O2)cc1. The van der Waals surface area contributed by atoms with Gasteiger partial charge in [0.2, 0.25) is 0 Å². The molecule has 0 aromatic heterocycles. The van der Waals surface area contributed by atoms with Crippen LogP contribution in [0.5, 0.6) is 0 Å². The lowest BCUT2D eigenvalue weighted by Gasteiger charge is -2.28. The van der Waals surface area contributed by atoms with Gasteiger partial charge in [0.15, 0.2) is 5.79 Å². The van der Waals surface area contributed by atoms with Crippen molar-refractivity contribution >= 4 is 15.9 Å². The molecule has 0 saturated carbocycles. The second-order valence-corrected chi connectivity index (χ2v) is 6.43. The highest BCUT2D eigenvalue weighted by Gasteiger charge is 2.44. The molecule has 1 aliphatic heterocycles. The van der Waals surface area contributed by atoms with Gasteiger partial charge in [0.05, 0.1) is 12.2 Å². The molecule has 3 heteroatoms. The van der Waals surface area contributed by atoms with Crippen molar-refractivity contribution in [2.45, 2.75) is 64.4 Å². The van der Waals surface area contributed by atoms with Crippen molar-refractivity contribution in [2.24, 2.45) is 0 Å². The van der Waals surface area contributed by atoms with Crippen molar-refractivity contribution in [2.75, 3.05) is 5.33 Å². The Kier molecular flexibility index (Phi) is 5.65. The van der Waals surface area contributed by atoms with Crippen LogP contribution < -0.4 is 0 Å². The summed E-state index contributed by atoms with van der Waals surface area (Å²) in [6, 6.07) is 8.75. The van der Waals surface area contributed by atoms with Crippen LogP contribution in [0, 0.1) is 0 Å². The minimum Gasteiger partial charge on any atom is -0.340 e. The van der Waals surface area contributed by atoms with Crippen LogP contribution in [0.15, 0.2) is 24.3 Å². The zero-order valence-corrected chi connectivity index (χ0v) is 14.3. The molecule has 1 fully saturated rings. The van der Waals surface area contributed by atoms with Gasteiger partial charge >= 0.3 is 0 Å². The number of hydrogen-bond donors (Lipinski definition) is 0. The second-order valence-electron chi connectivity index (χ2n) is 5.64. The van der Waals surface area contributed by atoms with Gasteiger partial charge in [-0.1, -0.05) is 53.5 Å². The van der Waals surface area contributed by atoms with Gasteiger partial charge in [-0.05, 0) is 32.3 Å². The molecule has 0 N–H and O–H groups in total. The number of ether oxygens (including phenoxy) is 2. The zero-order valence-electron chi connectivity index (χ0n) is 12.7. The summed E-state index contributed by atoms with van der Waals surface area (Å²) in [5.41, 5.74) is 2.53. The largest absolute Gasteiger partial charge is 0.340 e. The van der Waals surface area contributed by atoms with E-state index in [2.05, 4.69) is 61.0 Å². The quantitative estimate of drug-likeness (QED) is 0.693. The number of hydrogen-bond acceptors (Lipinski definition) is 2. The van der Waals surface area contributed by atoms with Crippen LogP contribution >= 0.6 is 15.9 Å². The van der Waals surface area contributed by atoms with Crippen molar-refractivity contribution < 1.29 is 9.47 Å². The van der Waals surface area contributed by atoms with Gasteiger partial charge in [-0.2, -0.15) is 0 Å². The van der Waals surface area contributed by atoms with E-state index in [4.69, 9.17) is 9.47 Å². The maximum atomic E-state index is 6.21. The molecule has 112 valence electrons. The molecule has 0 bridgehead atoms. The summed E-state index contributed by atoms with van der Waals surface area (Å²) < 4.78 is 12.4. The Morgan fingerprint density at radius 2 is 1.70 bits per heavy atom. The minimum atomic E-state index is -0.558. The smallest absolute Gasteiger partial charge is 0.195 e. The lowest BCUT2D eigenvalue weighted by molar-refractivity contribution is -0.186. The lowest BCUT2D eigenvalue weighted by Crippen LogP contribution is -2.28. The number of halogens is 1. The summed E-state index contributed by atoms with van der Waals surface area (Å²) in [6.07, 6.45) is 4.51. The standard InChI is InChI=1S/C17H25BrO2/c1-4-6-15-7-9-16(10-8-15)17(11-5-12-18)19-13(2)14(3)20-17/h7-10,13-14H,4-6,11-12H2,1-3H3. The third-order valence-corrected chi connectivity index (χ3v) is 4.55. The first-order valence-corrected chi connectivity index (χ1v) is 8.74. The zero-order chi connectivity index (χ0) is 14.6. The Balaban J connectivity index is 2.22. The molecule has 1 heterocycles. The van der Waals surface area contributed by atoms with Crippen LogP contribution in [0.3, 0.4) is 0 Å². The van der Waals surface area contributed by atoms with E-state index in [9.17, 15) is 0 Å². The van der Waals surface area contributed by atoms with E-state index in [1.807, 2.05) is 0 Å². The van der Waals surface area contributed by atoms with Crippen LogP contribution in [0.4, 0.5) is 0 Å². The number of alkyl halides is 1. The van der Waals surface area contributed by atoms with Crippen LogP contribution in [-0.2, 0) is 21.7 Å². The molecule has 1 aromatic carbocycles. The van der Waals surface area contributed by atoms with Crippen LogP contribution in [0.2, 0.25) is 0 Å². The van der Waals surface area contributed by atoms with Gasteiger partial charge in [-0.3, -0.25) is 0 Å². The van der Waals surface area contributed by atoms with E-state index in [-0.39, 0.29) is 12.2 Å². The summed E-state index contributed by atoms with van der Waals surface area (Å²) in [7, 11) is 0. The number of rotatable bonds is 6. The Labute approximate surface area is 131 Å². The van der Waals surface area contributed by atoms with Crippen molar-refractivity contribution in [1.29, 1.82) is 0 Å². The first-order chi connectivity index (χ1) is 9.61. The van der Waals surface area contributed by atoms with Crippen molar-refractivity contribution in [1.82, 2.24) is 0 Å². The van der Waals surface area contributed by atoms with E-state index < -0.39 is 5.79 Å². The monoisotopic (exact) mass is 340 g/mol. The highest BCUT2D eigenvalue weighted by atomic mass is 79.9. The molecule has 0 aliphatic carbocycles. The topological polar surface area (TPSA) is 18.5 Å². The average Bonchev–Trinajstić information content (AvgIpc) is 2.74. The van der Waals surface area contributed by atoms with Gasteiger partial charge in [0.1, 0.15) is 0 Å². The molecule has 2 rings (SSSR count). The minimum absolute atomic E-state index is 0.139. The molecule has 2 unspecified atom stereocenters. The molecule has 0 radical (unpaired) electrons. The predicted octanol–water partition coefficient (Wildman–Crippen LogP) is 4.79. The normalized spacial score (nSPS) is 29.8. The first-order valence-electron chi connectivity index (χ1n) is 7.62. The Bertz CT molecular complexity index is 406. The highest BCUT2D eigenvalue weighted by Crippen LogP contribution is 2.41. The van der Waals surface area contributed by atoms with Crippen molar-refractivity contribution in [3.05, 3.63) is 35.4 Å². The molecule has 1 aliphatic rings. The third-order valence-electron chi connectivity index (χ3n) is 3.99. The van der Waals surface area contributed by atoms with Crippen LogP contribution in [0.25, 0.3) is 0 Å². The van der Waals surface area contributed by atoms with E-state index >= 15 is 0 Å². The van der Waals surface area contributed by atoms with Crippen LogP contribution in [-0.4, -0.2) is 17.5 Å². The Morgan fingerprint density at radius 3 is 2.20 bits per heavy atom. The van der Waals surface area contributed by atoms with Gasteiger partial charge in [0.25, 0.3) is 0 Å². The summed E-state index contributed by atoms with van der Waals surface area (Å²) >= 11 is 3.50. The predicted molar refractivity (Wildman–Crippen MR) is 86.2 cm³/mol. The molecule has 0 amide bonds. The molecular weight excluding hydrogens is 316 g/mol. The summed E-state index contributed by atoms with van der Waals surface area (Å²) in [5, 5.41) is 0.970.